The highest BCUT2D eigenvalue weighted by molar-refractivity contribution is 5.88. The number of hydrogen-bond donors (Lipinski definition) is 3. The second kappa shape index (κ2) is 13.7. The van der Waals surface area contributed by atoms with Crippen LogP contribution in [0.3, 0.4) is 0 Å². The minimum absolute atomic E-state index is 0.0248. The number of nitrogens with one attached hydrogen (secondary N) is 3. The minimum atomic E-state index is -0.565. The third-order valence-corrected chi connectivity index (χ3v) is 8.82. The molecule has 5 rings (SSSR count). The van der Waals surface area contributed by atoms with Crippen LogP contribution in [0.5, 0.6) is 0 Å². The van der Waals surface area contributed by atoms with Gasteiger partial charge in [0, 0.05) is 50.6 Å². The van der Waals surface area contributed by atoms with Crippen molar-refractivity contribution in [3.8, 4) is 0 Å². The molecule has 2 aromatic carbocycles. The lowest BCUT2D eigenvalue weighted by atomic mass is 9.92. The molecule has 3 N–H and O–H groups in total. The SMILES string of the molecule is CC(C)CN(C1CCNCC1)[C@@H]1CCN(C(=O)[C@@H](Cc2ccccc2)NC(=O)CC2NCCc3ccccc32)C1. The minimum Gasteiger partial charge on any atom is -0.344 e. The summed E-state index contributed by atoms with van der Waals surface area (Å²) in [7, 11) is 0. The van der Waals surface area contributed by atoms with Crippen molar-refractivity contribution in [2.75, 3.05) is 39.3 Å². The van der Waals surface area contributed by atoms with E-state index in [9.17, 15) is 9.59 Å². The monoisotopic (exact) mass is 545 g/mol. The Labute approximate surface area is 240 Å². The van der Waals surface area contributed by atoms with Gasteiger partial charge in [-0.3, -0.25) is 14.5 Å². The molecule has 3 heterocycles. The van der Waals surface area contributed by atoms with E-state index >= 15 is 0 Å². The third-order valence-electron chi connectivity index (χ3n) is 8.82. The fraction of sp³-hybridized carbons (Fsp3) is 0.576. The largest absolute Gasteiger partial charge is 0.344 e. The molecule has 3 aliphatic rings. The van der Waals surface area contributed by atoms with E-state index in [2.05, 4.69) is 52.9 Å². The quantitative estimate of drug-likeness (QED) is 0.427. The van der Waals surface area contributed by atoms with E-state index in [0.717, 1.165) is 57.7 Å². The number of carbonyl (C=O) groups is 2. The van der Waals surface area contributed by atoms with Crippen molar-refractivity contribution in [3.05, 3.63) is 71.3 Å². The van der Waals surface area contributed by atoms with Crippen LogP contribution in [0.15, 0.2) is 54.6 Å². The molecule has 2 aromatic rings. The summed E-state index contributed by atoms with van der Waals surface area (Å²) < 4.78 is 0. The van der Waals surface area contributed by atoms with Crippen molar-refractivity contribution in [2.24, 2.45) is 5.92 Å². The van der Waals surface area contributed by atoms with Gasteiger partial charge in [0.1, 0.15) is 6.04 Å². The number of fused-ring (bicyclic) bond motifs is 1. The molecule has 2 fully saturated rings. The molecule has 0 bridgehead atoms. The molecule has 0 saturated carbocycles. The molecule has 3 atom stereocenters. The molecule has 216 valence electrons. The summed E-state index contributed by atoms with van der Waals surface area (Å²) in [6.45, 7) is 10.1. The molecule has 3 aliphatic heterocycles. The molecule has 40 heavy (non-hydrogen) atoms. The van der Waals surface area contributed by atoms with E-state index in [1.165, 1.54) is 24.0 Å². The average molecular weight is 546 g/mol. The predicted molar refractivity (Wildman–Crippen MR) is 160 cm³/mol. The van der Waals surface area contributed by atoms with Crippen molar-refractivity contribution in [2.45, 2.75) is 76.5 Å². The summed E-state index contributed by atoms with van der Waals surface area (Å²) in [5, 5.41) is 10.2. The predicted octanol–water partition coefficient (Wildman–Crippen LogP) is 3.30. The van der Waals surface area contributed by atoms with Crippen LogP contribution in [0.1, 0.15) is 62.3 Å². The Morgan fingerprint density at radius 3 is 2.50 bits per heavy atom. The lowest BCUT2D eigenvalue weighted by Gasteiger charge is -2.40. The van der Waals surface area contributed by atoms with Gasteiger partial charge < -0.3 is 20.9 Å². The zero-order valence-electron chi connectivity index (χ0n) is 24.3. The van der Waals surface area contributed by atoms with Crippen molar-refractivity contribution >= 4 is 11.8 Å². The molecule has 1 unspecified atom stereocenters. The van der Waals surface area contributed by atoms with E-state index < -0.39 is 6.04 Å². The maximum atomic E-state index is 14.0. The summed E-state index contributed by atoms with van der Waals surface area (Å²) in [5.74, 6) is 0.560. The van der Waals surface area contributed by atoms with Gasteiger partial charge in [0.15, 0.2) is 0 Å². The van der Waals surface area contributed by atoms with Gasteiger partial charge in [-0.2, -0.15) is 0 Å². The Kier molecular flexibility index (Phi) is 9.89. The van der Waals surface area contributed by atoms with Gasteiger partial charge in [-0.15, -0.1) is 0 Å². The smallest absolute Gasteiger partial charge is 0.245 e. The third kappa shape index (κ3) is 7.31. The number of benzene rings is 2. The zero-order chi connectivity index (χ0) is 27.9. The molecule has 0 aliphatic carbocycles. The van der Waals surface area contributed by atoms with Gasteiger partial charge >= 0.3 is 0 Å². The van der Waals surface area contributed by atoms with Crippen LogP contribution in [0.4, 0.5) is 0 Å². The van der Waals surface area contributed by atoms with Crippen molar-refractivity contribution in [1.82, 2.24) is 25.8 Å². The van der Waals surface area contributed by atoms with Crippen LogP contribution < -0.4 is 16.0 Å². The van der Waals surface area contributed by atoms with Gasteiger partial charge in [-0.05, 0) is 67.9 Å². The van der Waals surface area contributed by atoms with E-state index in [1.54, 1.807) is 0 Å². The summed E-state index contributed by atoms with van der Waals surface area (Å²) in [5.41, 5.74) is 3.56. The number of carbonyl (C=O) groups excluding carboxylic acids is 2. The van der Waals surface area contributed by atoms with Crippen molar-refractivity contribution in [1.29, 1.82) is 0 Å². The first-order chi connectivity index (χ1) is 19.5. The molecule has 2 amide bonds. The molecule has 0 radical (unpaired) electrons. The summed E-state index contributed by atoms with van der Waals surface area (Å²) in [6.07, 6.45) is 5.15. The Morgan fingerprint density at radius 1 is 0.975 bits per heavy atom. The highest BCUT2D eigenvalue weighted by Gasteiger charge is 2.37. The first-order valence-electron chi connectivity index (χ1n) is 15.4. The second-order valence-corrected chi connectivity index (χ2v) is 12.3. The highest BCUT2D eigenvalue weighted by atomic mass is 16.2. The summed E-state index contributed by atoms with van der Waals surface area (Å²) in [6, 6.07) is 18.8. The number of likely N-dealkylation sites (tertiary alicyclic amines) is 1. The Balaban J connectivity index is 1.27. The Bertz CT molecular complexity index is 1120. The Morgan fingerprint density at radius 2 is 1.73 bits per heavy atom. The molecule has 0 aromatic heterocycles. The summed E-state index contributed by atoms with van der Waals surface area (Å²) >= 11 is 0. The van der Waals surface area contributed by atoms with Gasteiger partial charge in [-0.1, -0.05) is 68.4 Å². The van der Waals surface area contributed by atoms with Crippen LogP contribution >= 0.6 is 0 Å². The number of piperidine rings is 1. The van der Waals surface area contributed by atoms with Crippen molar-refractivity contribution < 1.29 is 9.59 Å². The van der Waals surface area contributed by atoms with E-state index in [4.69, 9.17) is 0 Å². The zero-order valence-corrected chi connectivity index (χ0v) is 24.3. The molecular weight excluding hydrogens is 498 g/mol. The van der Waals surface area contributed by atoms with Crippen LogP contribution in [0.25, 0.3) is 0 Å². The van der Waals surface area contributed by atoms with Crippen molar-refractivity contribution in [3.63, 3.8) is 0 Å². The molecule has 7 nitrogen and oxygen atoms in total. The standard InChI is InChI=1S/C33H47N5O2/c1-24(2)22-38(27-13-16-34-17-14-27)28-15-19-37(23-28)33(40)31(20-25-8-4-3-5-9-25)36-32(39)21-30-29-11-7-6-10-26(29)12-18-35-30/h3-11,24,27-28,30-31,34-35H,12-23H2,1-2H3,(H,36,39)/t28-,30?,31-/m1/s1. The second-order valence-electron chi connectivity index (χ2n) is 12.3. The molecule has 7 heteroatoms. The number of hydrogen-bond acceptors (Lipinski definition) is 5. The fourth-order valence-electron chi connectivity index (χ4n) is 6.85. The summed E-state index contributed by atoms with van der Waals surface area (Å²) in [4.78, 5) is 32.1. The van der Waals surface area contributed by atoms with E-state index in [1.807, 2.05) is 41.3 Å². The van der Waals surface area contributed by atoms with Gasteiger partial charge in [-0.25, -0.2) is 0 Å². The van der Waals surface area contributed by atoms with Crippen LogP contribution in [-0.2, 0) is 22.4 Å². The first kappa shape index (κ1) is 28.8. The number of amides is 2. The van der Waals surface area contributed by atoms with E-state index in [-0.39, 0.29) is 17.9 Å². The average Bonchev–Trinajstić information content (AvgIpc) is 3.46. The van der Waals surface area contributed by atoms with Gasteiger partial charge in [0.05, 0.1) is 0 Å². The van der Waals surface area contributed by atoms with Gasteiger partial charge in [0.2, 0.25) is 11.8 Å². The van der Waals surface area contributed by atoms with Crippen LogP contribution in [0, 0.1) is 5.92 Å². The maximum Gasteiger partial charge on any atom is 0.245 e. The lowest BCUT2D eigenvalue weighted by Crippen LogP contribution is -2.52. The highest BCUT2D eigenvalue weighted by Crippen LogP contribution is 2.26. The van der Waals surface area contributed by atoms with E-state index in [0.29, 0.717) is 30.8 Å². The van der Waals surface area contributed by atoms with Crippen LogP contribution in [0.2, 0.25) is 0 Å². The van der Waals surface area contributed by atoms with Gasteiger partial charge in [0.25, 0.3) is 0 Å². The first-order valence-corrected chi connectivity index (χ1v) is 15.4. The van der Waals surface area contributed by atoms with Crippen LogP contribution in [-0.4, -0.2) is 79.0 Å². The fourth-order valence-corrected chi connectivity index (χ4v) is 6.85. The lowest BCUT2D eigenvalue weighted by molar-refractivity contribution is -0.136. The Hall–Kier alpha value is -2.74. The maximum absolute atomic E-state index is 14.0. The topological polar surface area (TPSA) is 76.7 Å². The number of nitrogens with zero attached hydrogens (tertiary/aromatic N) is 2. The molecular formula is C33H47N5O2. The molecule has 0 spiro atoms. The normalized spacial score (nSPS) is 22.4. The number of rotatable bonds is 10. The molecule has 2 saturated heterocycles.